The molecular formula is C15H12Cl2N2S. The van der Waals surface area contributed by atoms with Gasteiger partial charge in [0, 0.05) is 4.88 Å². The normalized spacial score (nSPS) is 14.7. The second-order valence-electron chi connectivity index (χ2n) is 5.14. The molecular weight excluding hydrogens is 311 g/mol. The van der Waals surface area contributed by atoms with Crippen molar-refractivity contribution in [3.05, 3.63) is 38.7 Å². The van der Waals surface area contributed by atoms with Crippen LogP contribution in [0.2, 0.25) is 10.0 Å². The predicted molar refractivity (Wildman–Crippen MR) is 86.1 cm³/mol. The summed E-state index contributed by atoms with van der Waals surface area (Å²) in [6.07, 6.45) is 5.01. The Morgan fingerprint density at radius 2 is 1.85 bits per heavy atom. The fourth-order valence-corrected chi connectivity index (χ4v) is 4.25. The summed E-state index contributed by atoms with van der Waals surface area (Å²) in [4.78, 5) is 10.7. The first-order valence-corrected chi connectivity index (χ1v) is 8.25. The Labute approximate surface area is 130 Å². The minimum atomic E-state index is 0.544. The quantitative estimate of drug-likeness (QED) is 0.631. The van der Waals surface area contributed by atoms with E-state index in [1.54, 1.807) is 0 Å². The summed E-state index contributed by atoms with van der Waals surface area (Å²) in [6, 6.07) is 5.93. The van der Waals surface area contributed by atoms with E-state index in [1.165, 1.54) is 41.0 Å². The summed E-state index contributed by atoms with van der Waals surface area (Å²) in [5.41, 5.74) is 3.29. The van der Waals surface area contributed by atoms with Gasteiger partial charge in [-0.05, 0) is 49.4 Å². The highest BCUT2D eigenvalue weighted by molar-refractivity contribution is 7.15. The van der Waals surface area contributed by atoms with Crippen molar-refractivity contribution in [3.8, 4) is 10.7 Å². The van der Waals surface area contributed by atoms with Crippen LogP contribution in [0.15, 0.2) is 18.2 Å². The van der Waals surface area contributed by atoms with Crippen molar-refractivity contribution in [2.24, 2.45) is 0 Å². The van der Waals surface area contributed by atoms with Gasteiger partial charge in [0.25, 0.3) is 0 Å². The summed E-state index contributed by atoms with van der Waals surface area (Å²) < 4.78 is 0. The number of aromatic amines is 1. The highest BCUT2D eigenvalue weighted by Gasteiger charge is 2.16. The molecule has 20 heavy (non-hydrogen) atoms. The third-order valence-corrected chi connectivity index (χ3v) is 5.72. The zero-order valence-corrected chi connectivity index (χ0v) is 13.0. The van der Waals surface area contributed by atoms with Gasteiger partial charge in [-0.1, -0.05) is 23.2 Å². The predicted octanol–water partition coefficient (Wildman–Crippen LogP) is 5.48. The number of thiophene rings is 1. The summed E-state index contributed by atoms with van der Waals surface area (Å²) in [5.74, 6) is 0.915. The Bertz CT molecular complexity index is 741. The average Bonchev–Trinajstić information content (AvgIpc) is 3.02. The average molecular weight is 323 g/mol. The fourth-order valence-electron chi connectivity index (χ4n) is 2.73. The fraction of sp³-hybridized carbons (Fsp3) is 0.267. The van der Waals surface area contributed by atoms with Crippen molar-refractivity contribution < 1.29 is 0 Å². The first-order valence-electron chi connectivity index (χ1n) is 6.67. The van der Waals surface area contributed by atoms with E-state index in [4.69, 9.17) is 23.2 Å². The molecule has 0 saturated carbocycles. The zero-order valence-electron chi connectivity index (χ0n) is 10.7. The molecule has 3 aromatic rings. The van der Waals surface area contributed by atoms with Gasteiger partial charge in [-0.3, -0.25) is 0 Å². The molecule has 0 saturated heterocycles. The number of hydrogen-bond acceptors (Lipinski definition) is 2. The molecule has 1 aromatic carbocycles. The van der Waals surface area contributed by atoms with Crippen molar-refractivity contribution in [3.63, 3.8) is 0 Å². The van der Waals surface area contributed by atoms with Gasteiger partial charge in [0.1, 0.15) is 5.82 Å². The van der Waals surface area contributed by atoms with Gasteiger partial charge in [0.15, 0.2) is 0 Å². The molecule has 1 aliphatic carbocycles. The van der Waals surface area contributed by atoms with E-state index in [0.29, 0.717) is 10.0 Å². The molecule has 0 bridgehead atoms. The minimum Gasteiger partial charge on any atom is -0.337 e. The zero-order chi connectivity index (χ0) is 13.7. The van der Waals surface area contributed by atoms with Gasteiger partial charge >= 0.3 is 0 Å². The van der Waals surface area contributed by atoms with Gasteiger partial charge < -0.3 is 4.98 Å². The van der Waals surface area contributed by atoms with Crippen LogP contribution in [-0.4, -0.2) is 9.97 Å². The van der Waals surface area contributed by atoms with Gasteiger partial charge in [0.2, 0.25) is 0 Å². The van der Waals surface area contributed by atoms with Crippen molar-refractivity contribution in [2.75, 3.05) is 0 Å². The van der Waals surface area contributed by atoms with E-state index in [1.807, 2.05) is 23.5 Å². The second kappa shape index (κ2) is 4.76. The lowest BCUT2D eigenvalue weighted by Gasteiger charge is -2.08. The van der Waals surface area contributed by atoms with Crippen LogP contribution >= 0.6 is 34.5 Å². The molecule has 0 atom stereocenters. The maximum atomic E-state index is 6.05. The Kier molecular flexibility index (Phi) is 3.02. The van der Waals surface area contributed by atoms with Crippen molar-refractivity contribution in [2.45, 2.75) is 25.7 Å². The van der Waals surface area contributed by atoms with E-state index >= 15 is 0 Å². The van der Waals surface area contributed by atoms with E-state index in [2.05, 4.69) is 16.0 Å². The summed E-state index contributed by atoms with van der Waals surface area (Å²) in [5, 5.41) is 1.10. The van der Waals surface area contributed by atoms with Crippen molar-refractivity contribution >= 4 is 45.6 Å². The van der Waals surface area contributed by atoms with Crippen molar-refractivity contribution in [1.29, 1.82) is 0 Å². The van der Waals surface area contributed by atoms with Crippen LogP contribution in [0.4, 0.5) is 0 Å². The number of H-pyrrole nitrogens is 1. The lowest BCUT2D eigenvalue weighted by Crippen LogP contribution is -1.96. The van der Waals surface area contributed by atoms with E-state index in [0.717, 1.165) is 16.9 Å². The van der Waals surface area contributed by atoms with E-state index < -0.39 is 0 Å². The van der Waals surface area contributed by atoms with Crippen LogP contribution in [0, 0.1) is 0 Å². The smallest absolute Gasteiger partial charge is 0.148 e. The van der Waals surface area contributed by atoms with E-state index in [9.17, 15) is 0 Å². The number of rotatable bonds is 1. The second-order valence-corrected chi connectivity index (χ2v) is 7.09. The lowest BCUT2D eigenvalue weighted by molar-refractivity contribution is 0.697. The minimum absolute atomic E-state index is 0.544. The van der Waals surface area contributed by atoms with Crippen LogP contribution in [0.25, 0.3) is 21.7 Å². The van der Waals surface area contributed by atoms with Crippen LogP contribution < -0.4 is 0 Å². The van der Waals surface area contributed by atoms with E-state index in [-0.39, 0.29) is 0 Å². The Morgan fingerprint density at radius 1 is 1.05 bits per heavy atom. The third kappa shape index (κ3) is 2.05. The van der Waals surface area contributed by atoms with Gasteiger partial charge in [-0.25, -0.2) is 4.98 Å². The topological polar surface area (TPSA) is 28.7 Å². The Balaban J connectivity index is 1.83. The number of halogens is 2. The maximum absolute atomic E-state index is 6.05. The lowest BCUT2D eigenvalue weighted by atomic mass is 9.99. The number of nitrogens with zero attached hydrogens (tertiary/aromatic N) is 1. The summed E-state index contributed by atoms with van der Waals surface area (Å²) >= 11 is 13.9. The van der Waals surface area contributed by atoms with Crippen LogP contribution in [-0.2, 0) is 12.8 Å². The largest absolute Gasteiger partial charge is 0.337 e. The van der Waals surface area contributed by atoms with Crippen LogP contribution in [0.1, 0.15) is 23.3 Å². The van der Waals surface area contributed by atoms with Crippen LogP contribution in [0.5, 0.6) is 0 Å². The van der Waals surface area contributed by atoms with Gasteiger partial charge in [-0.15, -0.1) is 11.3 Å². The standard InChI is InChI=1S/C15H12Cl2N2S/c16-9-6-11-12(7-10(9)17)19-15(18-11)14-5-8-3-1-2-4-13(8)20-14/h5-7H,1-4H2,(H,18,19). The molecule has 2 heterocycles. The molecule has 102 valence electrons. The molecule has 0 spiro atoms. The maximum Gasteiger partial charge on any atom is 0.148 e. The van der Waals surface area contributed by atoms with Crippen molar-refractivity contribution in [1.82, 2.24) is 9.97 Å². The van der Waals surface area contributed by atoms with Crippen LogP contribution in [0.3, 0.4) is 0 Å². The number of benzene rings is 1. The summed E-state index contributed by atoms with van der Waals surface area (Å²) in [6.45, 7) is 0. The number of nitrogens with one attached hydrogen (secondary N) is 1. The summed E-state index contributed by atoms with van der Waals surface area (Å²) in [7, 11) is 0. The highest BCUT2D eigenvalue weighted by Crippen LogP contribution is 2.36. The molecule has 5 heteroatoms. The molecule has 0 fully saturated rings. The van der Waals surface area contributed by atoms with Gasteiger partial charge in [-0.2, -0.15) is 0 Å². The molecule has 4 rings (SSSR count). The molecule has 0 radical (unpaired) electrons. The number of fused-ring (bicyclic) bond motifs is 2. The molecule has 0 unspecified atom stereocenters. The Hall–Kier alpha value is -1.03. The SMILES string of the molecule is Clc1cc2nc(-c3cc4c(s3)CCCC4)[nH]c2cc1Cl. The molecule has 1 N–H and O–H groups in total. The third-order valence-electron chi connectivity index (χ3n) is 3.75. The first kappa shape index (κ1) is 12.7. The molecule has 0 aliphatic heterocycles. The molecule has 0 amide bonds. The highest BCUT2D eigenvalue weighted by atomic mass is 35.5. The number of hydrogen-bond donors (Lipinski definition) is 1. The first-order chi connectivity index (χ1) is 9.70. The number of aromatic nitrogens is 2. The molecule has 2 nitrogen and oxygen atoms in total. The van der Waals surface area contributed by atoms with Gasteiger partial charge in [0.05, 0.1) is 26.0 Å². The monoisotopic (exact) mass is 322 g/mol. The Morgan fingerprint density at radius 3 is 2.70 bits per heavy atom. The number of aryl methyl sites for hydroxylation is 2. The molecule has 2 aromatic heterocycles. The number of imidazole rings is 1. The molecule has 1 aliphatic rings.